The van der Waals surface area contributed by atoms with Crippen LogP contribution in [0.25, 0.3) is 67.3 Å². The second-order valence-electron chi connectivity index (χ2n) is 13.4. The fourth-order valence-corrected chi connectivity index (χ4v) is 7.69. The van der Waals surface area contributed by atoms with Crippen LogP contribution in [-0.4, -0.2) is 78.4 Å². The molecule has 0 aliphatic carbocycles. The molecule has 15 nitrogen and oxygen atoms in total. The number of aromatic nitrogens is 12. The standard InChI is InChI=1S/C36H36N12O3/c1-4-10-49-25(7-1)46-19-43-31-28(37-16-40-34(31)46)22-13-23(29-32-35(41-17-38-29)47(20-44-32)26-8-2-5-11-50-26)15-24(14-22)30-33-36(42-18-39-30)48(21-45-33)27-9-3-6-12-51-27/h13-21,25-27H,1-12H2. The Morgan fingerprint density at radius 2 is 0.745 bits per heavy atom. The quantitative estimate of drug-likeness (QED) is 0.195. The molecule has 9 heterocycles. The van der Waals surface area contributed by atoms with E-state index in [1.54, 1.807) is 19.0 Å². The molecule has 6 aromatic heterocycles. The molecule has 0 radical (unpaired) electrons. The van der Waals surface area contributed by atoms with Crippen molar-refractivity contribution in [3.63, 3.8) is 0 Å². The van der Waals surface area contributed by atoms with E-state index in [4.69, 9.17) is 44.1 Å². The van der Waals surface area contributed by atoms with Crippen LogP contribution in [0.1, 0.15) is 76.5 Å². The average molecular weight is 685 g/mol. The lowest BCUT2D eigenvalue weighted by Crippen LogP contribution is -2.17. The molecule has 10 rings (SSSR count). The molecular formula is C36H36N12O3. The number of rotatable bonds is 6. The monoisotopic (exact) mass is 684 g/mol. The van der Waals surface area contributed by atoms with Gasteiger partial charge in [-0.1, -0.05) is 0 Å². The van der Waals surface area contributed by atoms with E-state index >= 15 is 0 Å². The van der Waals surface area contributed by atoms with Gasteiger partial charge < -0.3 is 14.2 Å². The maximum absolute atomic E-state index is 6.10. The van der Waals surface area contributed by atoms with Crippen molar-refractivity contribution >= 4 is 33.5 Å². The minimum absolute atomic E-state index is 0.108. The van der Waals surface area contributed by atoms with Gasteiger partial charge in [0.05, 0.1) is 19.0 Å². The molecule has 0 spiro atoms. The van der Waals surface area contributed by atoms with E-state index in [1.807, 2.05) is 32.7 Å². The molecule has 15 heteroatoms. The Morgan fingerprint density at radius 1 is 0.412 bits per heavy atom. The maximum Gasteiger partial charge on any atom is 0.165 e. The Morgan fingerprint density at radius 3 is 1.04 bits per heavy atom. The Labute approximate surface area is 292 Å². The zero-order chi connectivity index (χ0) is 33.7. The largest absolute Gasteiger partial charge is 0.358 e. The summed E-state index contributed by atoms with van der Waals surface area (Å²) >= 11 is 0. The third-order valence-corrected chi connectivity index (χ3v) is 10.2. The molecule has 3 atom stereocenters. The molecule has 51 heavy (non-hydrogen) atoms. The predicted octanol–water partition coefficient (Wildman–Crippen LogP) is 6.20. The minimum atomic E-state index is -0.108. The number of nitrogens with zero attached hydrogens (tertiary/aromatic N) is 12. The minimum Gasteiger partial charge on any atom is -0.358 e. The molecular weight excluding hydrogens is 648 g/mol. The summed E-state index contributed by atoms with van der Waals surface area (Å²) in [5.41, 5.74) is 8.80. The van der Waals surface area contributed by atoms with Crippen LogP contribution in [0.3, 0.4) is 0 Å². The van der Waals surface area contributed by atoms with Crippen LogP contribution in [0, 0.1) is 0 Å². The maximum atomic E-state index is 6.10. The number of imidazole rings is 3. The van der Waals surface area contributed by atoms with Crippen molar-refractivity contribution < 1.29 is 14.2 Å². The number of hydrogen-bond acceptors (Lipinski definition) is 12. The fourth-order valence-electron chi connectivity index (χ4n) is 7.69. The Balaban J connectivity index is 1.15. The normalized spacial score (nSPS) is 21.5. The highest BCUT2D eigenvalue weighted by Gasteiger charge is 2.25. The van der Waals surface area contributed by atoms with Gasteiger partial charge in [0.1, 0.15) is 71.3 Å². The SMILES string of the molecule is c1nc(-c2cc(-c3ncnc4c3ncn4C3CCCCO3)cc(-c3ncnc4c3ncn4C3CCCCO3)c2)c2ncn(C3CCCCO3)c2n1. The van der Waals surface area contributed by atoms with E-state index < -0.39 is 0 Å². The zero-order valence-corrected chi connectivity index (χ0v) is 28.0. The van der Waals surface area contributed by atoms with E-state index in [1.165, 1.54) is 0 Å². The lowest BCUT2D eigenvalue weighted by molar-refractivity contribution is -0.0299. The van der Waals surface area contributed by atoms with E-state index in [9.17, 15) is 0 Å². The summed E-state index contributed by atoms with van der Waals surface area (Å²) in [6.07, 6.45) is 19.1. The highest BCUT2D eigenvalue weighted by molar-refractivity contribution is 5.96. The van der Waals surface area contributed by atoms with Crippen LogP contribution in [0.4, 0.5) is 0 Å². The van der Waals surface area contributed by atoms with Gasteiger partial charge in [0, 0.05) is 36.5 Å². The summed E-state index contributed by atoms with van der Waals surface area (Å²) < 4.78 is 24.4. The average Bonchev–Trinajstić information content (AvgIpc) is 3.96. The summed E-state index contributed by atoms with van der Waals surface area (Å²) in [5, 5.41) is 0. The van der Waals surface area contributed by atoms with Gasteiger partial charge >= 0.3 is 0 Å². The molecule has 1 aromatic carbocycles. The first-order chi connectivity index (χ1) is 25.3. The highest BCUT2D eigenvalue weighted by atomic mass is 16.5. The Kier molecular flexibility index (Phi) is 7.68. The van der Waals surface area contributed by atoms with E-state index in [-0.39, 0.29) is 18.7 Å². The van der Waals surface area contributed by atoms with Crippen LogP contribution in [-0.2, 0) is 14.2 Å². The number of fused-ring (bicyclic) bond motifs is 3. The van der Waals surface area contributed by atoms with Gasteiger partial charge in [-0.05, 0) is 76.0 Å². The number of hydrogen-bond donors (Lipinski definition) is 0. The third-order valence-electron chi connectivity index (χ3n) is 10.2. The van der Waals surface area contributed by atoms with E-state index in [0.29, 0.717) is 33.6 Å². The van der Waals surface area contributed by atoms with Crippen molar-refractivity contribution in [3.05, 3.63) is 56.2 Å². The first kappa shape index (κ1) is 30.6. The molecule has 0 amide bonds. The zero-order valence-electron chi connectivity index (χ0n) is 28.0. The van der Waals surface area contributed by atoms with Crippen molar-refractivity contribution in [2.24, 2.45) is 0 Å². The second-order valence-corrected chi connectivity index (χ2v) is 13.4. The van der Waals surface area contributed by atoms with Gasteiger partial charge in [0.15, 0.2) is 16.9 Å². The summed E-state index contributed by atoms with van der Waals surface area (Å²) in [4.78, 5) is 42.9. The molecule has 258 valence electrons. The van der Waals surface area contributed by atoms with Crippen molar-refractivity contribution in [2.45, 2.75) is 76.5 Å². The molecule has 3 aliphatic rings. The molecule has 3 saturated heterocycles. The third kappa shape index (κ3) is 5.34. The number of ether oxygens (including phenoxy) is 3. The summed E-state index contributed by atoms with van der Waals surface area (Å²) in [6, 6.07) is 6.23. The van der Waals surface area contributed by atoms with Crippen LogP contribution < -0.4 is 0 Å². The fraction of sp³-hybridized carbons (Fsp3) is 0.417. The smallest absolute Gasteiger partial charge is 0.165 e. The molecule has 0 N–H and O–H groups in total. The van der Waals surface area contributed by atoms with Crippen LogP contribution in [0.5, 0.6) is 0 Å². The number of benzene rings is 1. The van der Waals surface area contributed by atoms with Crippen LogP contribution in [0.2, 0.25) is 0 Å². The van der Waals surface area contributed by atoms with Gasteiger partial charge in [0.25, 0.3) is 0 Å². The van der Waals surface area contributed by atoms with E-state index in [0.717, 1.165) is 111 Å². The van der Waals surface area contributed by atoms with Gasteiger partial charge in [-0.3, -0.25) is 13.7 Å². The molecule has 3 fully saturated rings. The predicted molar refractivity (Wildman–Crippen MR) is 186 cm³/mol. The Hall–Kier alpha value is -5.25. The molecule has 7 aromatic rings. The lowest BCUT2D eigenvalue weighted by atomic mass is 9.98. The molecule has 0 saturated carbocycles. The first-order valence-electron chi connectivity index (χ1n) is 17.8. The topological polar surface area (TPSA) is 158 Å². The van der Waals surface area contributed by atoms with Crippen molar-refractivity contribution in [3.8, 4) is 33.8 Å². The lowest BCUT2D eigenvalue weighted by Gasteiger charge is -2.23. The van der Waals surface area contributed by atoms with Crippen molar-refractivity contribution in [1.29, 1.82) is 0 Å². The van der Waals surface area contributed by atoms with Gasteiger partial charge in [-0.15, -0.1) is 0 Å². The van der Waals surface area contributed by atoms with Crippen molar-refractivity contribution in [1.82, 2.24) is 58.6 Å². The van der Waals surface area contributed by atoms with Gasteiger partial charge in [0.2, 0.25) is 0 Å². The van der Waals surface area contributed by atoms with Gasteiger partial charge in [-0.25, -0.2) is 44.9 Å². The summed E-state index contributed by atoms with van der Waals surface area (Å²) in [7, 11) is 0. The molecule has 0 bridgehead atoms. The van der Waals surface area contributed by atoms with Crippen molar-refractivity contribution in [2.75, 3.05) is 19.8 Å². The summed E-state index contributed by atoms with van der Waals surface area (Å²) in [5.74, 6) is 0. The van der Waals surface area contributed by atoms with E-state index in [2.05, 4.69) is 33.2 Å². The molecule has 3 aliphatic heterocycles. The van der Waals surface area contributed by atoms with Crippen LogP contribution in [0.15, 0.2) is 56.2 Å². The molecule has 3 unspecified atom stereocenters. The second kappa shape index (κ2) is 12.8. The Bertz CT molecular complexity index is 2090. The first-order valence-corrected chi connectivity index (χ1v) is 17.8. The van der Waals surface area contributed by atoms with Crippen LogP contribution >= 0.6 is 0 Å². The highest BCUT2D eigenvalue weighted by Crippen LogP contribution is 2.38. The van der Waals surface area contributed by atoms with Gasteiger partial charge in [-0.2, -0.15) is 0 Å². The summed E-state index contributed by atoms with van der Waals surface area (Å²) in [6.45, 7) is 2.17.